The van der Waals surface area contributed by atoms with Crippen molar-refractivity contribution in [3.8, 4) is 16.3 Å². The molecule has 2 rings (SSSR count). The predicted octanol–water partition coefficient (Wildman–Crippen LogP) is 3.49. The Bertz CT molecular complexity index is 510. The van der Waals surface area contributed by atoms with E-state index < -0.39 is 0 Å². The highest BCUT2D eigenvalue weighted by atomic mass is 32.1. The summed E-state index contributed by atoms with van der Waals surface area (Å²) in [6.45, 7) is 6.75. The van der Waals surface area contributed by atoms with Gasteiger partial charge in [0.15, 0.2) is 0 Å². The normalized spacial score (nSPS) is 10.7. The molecule has 0 aliphatic rings. The van der Waals surface area contributed by atoms with Crippen LogP contribution in [-0.2, 0) is 6.54 Å². The maximum Gasteiger partial charge on any atom is 0.147 e. The third kappa shape index (κ3) is 4.28. The number of ether oxygens (including phenoxy) is 1. The molecule has 1 aromatic heterocycles. The van der Waals surface area contributed by atoms with E-state index in [1.165, 1.54) is 0 Å². The monoisotopic (exact) mass is 291 g/mol. The predicted molar refractivity (Wildman–Crippen MR) is 83.1 cm³/mol. The first-order valence-electron chi connectivity index (χ1n) is 7.09. The number of rotatable bonds is 8. The van der Waals surface area contributed by atoms with Crippen LogP contribution in [0, 0.1) is 0 Å². The van der Waals surface area contributed by atoms with Crippen LogP contribution in [0.4, 0.5) is 0 Å². The zero-order valence-electron chi connectivity index (χ0n) is 12.1. The molecule has 0 saturated heterocycles. The number of benzene rings is 1. The van der Waals surface area contributed by atoms with Gasteiger partial charge in [0.25, 0.3) is 0 Å². The molecular weight excluding hydrogens is 270 g/mol. The van der Waals surface area contributed by atoms with Crippen LogP contribution in [0.5, 0.6) is 5.75 Å². The third-order valence-electron chi connectivity index (χ3n) is 2.86. The SMILES string of the molecule is CCCCOc1ccc(-c2nnc(CNCC)s2)cc1. The Kier molecular flexibility index (Phi) is 5.95. The molecule has 0 unspecified atom stereocenters. The average molecular weight is 291 g/mol. The molecule has 2 aromatic rings. The number of nitrogens with one attached hydrogen (secondary N) is 1. The lowest BCUT2D eigenvalue weighted by molar-refractivity contribution is 0.309. The molecule has 5 heteroatoms. The van der Waals surface area contributed by atoms with E-state index >= 15 is 0 Å². The van der Waals surface area contributed by atoms with Crippen LogP contribution in [0.1, 0.15) is 31.7 Å². The van der Waals surface area contributed by atoms with E-state index in [1.807, 2.05) is 24.3 Å². The topological polar surface area (TPSA) is 47.0 Å². The van der Waals surface area contributed by atoms with Crippen molar-refractivity contribution in [2.75, 3.05) is 13.2 Å². The molecule has 1 heterocycles. The van der Waals surface area contributed by atoms with Crippen molar-refractivity contribution in [3.05, 3.63) is 29.3 Å². The van der Waals surface area contributed by atoms with E-state index in [2.05, 4.69) is 29.4 Å². The molecule has 1 aromatic carbocycles. The van der Waals surface area contributed by atoms with Crippen LogP contribution in [0.3, 0.4) is 0 Å². The summed E-state index contributed by atoms with van der Waals surface area (Å²) in [5.41, 5.74) is 1.09. The minimum absolute atomic E-state index is 0.779. The first-order chi connectivity index (χ1) is 9.83. The summed E-state index contributed by atoms with van der Waals surface area (Å²) in [5.74, 6) is 0.916. The standard InChI is InChI=1S/C15H21N3OS/c1-3-5-10-19-13-8-6-12(7-9-13)15-18-17-14(20-15)11-16-4-2/h6-9,16H,3-5,10-11H2,1-2H3. The first kappa shape index (κ1) is 14.9. The minimum Gasteiger partial charge on any atom is -0.494 e. The second kappa shape index (κ2) is 7.97. The molecule has 108 valence electrons. The molecule has 0 fully saturated rings. The highest BCUT2D eigenvalue weighted by Gasteiger charge is 2.06. The summed E-state index contributed by atoms with van der Waals surface area (Å²) < 4.78 is 5.65. The molecule has 0 aliphatic carbocycles. The van der Waals surface area contributed by atoms with Crippen molar-refractivity contribution in [1.82, 2.24) is 15.5 Å². The van der Waals surface area contributed by atoms with Crippen molar-refractivity contribution in [3.63, 3.8) is 0 Å². The number of hydrogen-bond acceptors (Lipinski definition) is 5. The van der Waals surface area contributed by atoms with Gasteiger partial charge >= 0.3 is 0 Å². The molecule has 0 saturated carbocycles. The van der Waals surface area contributed by atoms with Gasteiger partial charge in [0, 0.05) is 12.1 Å². The van der Waals surface area contributed by atoms with E-state index in [9.17, 15) is 0 Å². The lowest BCUT2D eigenvalue weighted by atomic mass is 10.2. The van der Waals surface area contributed by atoms with Gasteiger partial charge in [0.05, 0.1) is 6.61 Å². The minimum atomic E-state index is 0.779. The lowest BCUT2D eigenvalue weighted by Gasteiger charge is -2.05. The molecule has 0 atom stereocenters. The van der Waals surface area contributed by atoms with E-state index in [1.54, 1.807) is 11.3 Å². The van der Waals surface area contributed by atoms with Crippen LogP contribution in [-0.4, -0.2) is 23.3 Å². The first-order valence-corrected chi connectivity index (χ1v) is 7.91. The van der Waals surface area contributed by atoms with Gasteiger partial charge in [-0.15, -0.1) is 10.2 Å². The van der Waals surface area contributed by atoms with E-state index in [4.69, 9.17) is 4.74 Å². The van der Waals surface area contributed by atoms with Crippen LogP contribution in [0.2, 0.25) is 0 Å². The summed E-state index contributed by atoms with van der Waals surface area (Å²) in [6, 6.07) is 8.07. The third-order valence-corrected chi connectivity index (χ3v) is 3.83. The number of nitrogens with zero attached hydrogens (tertiary/aromatic N) is 2. The zero-order chi connectivity index (χ0) is 14.2. The molecule has 0 radical (unpaired) electrons. The fourth-order valence-electron chi connectivity index (χ4n) is 1.70. The van der Waals surface area contributed by atoms with E-state index in [0.717, 1.165) is 53.9 Å². The summed E-state index contributed by atoms with van der Waals surface area (Å²) in [6.07, 6.45) is 2.24. The molecule has 0 bridgehead atoms. The Morgan fingerprint density at radius 1 is 1.15 bits per heavy atom. The average Bonchev–Trinajstić information content (AvgIpc) is 2.95. The van der Waals surface area contributed by atoms with E-state index in [-0.39, 0.29) is 0 Å². The number of hydrogen-bond donors (Lipinski definition) is 1. The van der Waals surface area contributed by atoms with Gasteiger partial charge in [-0.25, -0.2) is 0 Å². The fraction of sp³-hybridized carbons (Fsp3) is 0.467. The van der Waals surface area contributed by atoms with Crippen molar-refractivity contribution in [1.29, 1.82) is 0 Å². The Labute approximate surface area is 124 Å². The Morgan fingerprint density at radius 3 is 2.65 bits per heavy atom. The highest BCUT2D eigenvalue weighted by molar-refractivity contribution is 7.14. The molecule has 20 heavy (non-hydrogen) atoms. The van der Waals surface area contributed by atoms with Gasteiger partial charge in [-0.05, 0) is 37.2 Å². The van der Waals surface area contributed by atoms with Gasteiger partial charge in [-0.1, -0.05) is 31.6 Å². The molecule has 1 N–H and O–H groups in total. The summed E-state index contributed by atoms with van der Waals surface area (Å²) in [4.78, 5) is 0. The number of aromatic nitrogens is 2. The van der Waals surface area contributed by atoms with Crippen molar-refractivity contribution < 1.29 is 4.74 Å². The number of unbranched alkanes of at least 4 members (excludes halogenated alkanes) is 1. The maximum atomic E-state index is 5.65. The van der Waals surface area contributed by atoms with Crippen LogP contribution in [0.25, 0.3) is 10.6 Å². The van der Waals surface area contributed by atoms with Gasteiger partial charge in [-0.3, -0.25) is 0 Å². The fourth-order valence-corrected chi connectivity index (χ4v) is 2.52. The molecule has 4 nitrogen and oxygen atoms in total. The van der Waals surface area contributed by atoms with Gasteiger partial charge in [0.2, 0.25) is 0 Å². The highest BCUT2D eigenvalue weighted by Crippen LogP contribution is 2.25. The summed E-state index contributed by atoms with van der Waals surface area (Å²) in [5, 5.41) is 13.7. The molecule has 0 amide bonds. The quantitative estimate of drug-likeness (QED) is 0.756. The van der Waals surface area contributed by atoms with E-state index in [0.29, 0.717) is 0 Å². The molecule has 0 spiro atoms. The van der Waals surface area contributed by atoms with Crippen LogP contribution < -0.4 is 10.1 Å². The Hall–Kier alpha value is -1.46. The maximum absolute atomic E-state index is 5.65. The largest absolute Gasteiger partial charge is 0.494 e. The summed E-state index contributed by atoms with van der Waals surface area (Å²) in [7, 11) is 0. The van der Waals surface area contributed by atoms with Crippen molar-refractivity contribution >= 4 is 11.3 Å². The van der Waals surface area contributed by atoms with Gasteiger partial charge in [-0.2, -0.15) is 0 Å². The smallest absolute Gasteiger partial charge is 0.147 e. The summed E-state index contributed by atoms with van der Waals surface area (Å²) >= 11 is 1.63. The zero-order valence-corrected chi connectivity index (χ0v) is 12.9. The van der Waals surface area contributed by atoms with Crippen molar-refractivity contribution in [2.45, 2.75) is 33.2 Å². The second-order valence-electron chi connectivity index (χ2n) is 4.51. The van der Waals surface area contributed by atoms with Gasteiger partial charge < -0.3 is 10.1 Å². The molecule has 0 aliphatic heterocycles. The van der Waals surface area contributed by atoms with Crippen LogP contribution >= 0.6 is 11.3 Å². The van der Waals surface area contributed by atoms with Gasteiger partial charge in [0.1, 0.15) is 15.8 Å². The Morgan fingerprint density at radius 2 is 1.95 bits per heavy atom. The molecular formula is C15H21N3OS. The second-order valence-corrected chi connectivity index (χ2v) is 5.57. The Balaban J connectivity index is 1.96. The van der Waals surface area contributed by atoms with Crippen molar-refractivity contribution in [2.24, 2.45) is 0 Å². The van der Waals surface area contributed by atoms with Crippen LogP contribution in [0.15, 0.2) is 24.3 Å². The lowest BCUT2D eigenvalue weighted by Crippen LogP contribution is -2.11.